The first-order chi connectivity index (χ1) is 9.51. The Bertz CT molecular complexity index is 727. The van der Waals surface area contributed by atoms with Gasteiger partial charge in [0.25, 0.3) is 0 Å². The quantitative estimate of drug-likeness (QED) is 0.753. The first-order valence-electron chi connectivity index (χ1n) is 6.79. The molecule has 4 heteroatoms. The molecule has 0 aliphatic heterocycles. The molecule has 3 rings (SSSR count). The van der Waals surface area contributed by atoms with Gasteiger partial charge in [0.2, 0.25) is 0 Å². The van der Waals surface area contributed by atoms with Gasteiger partial charge in [-0.2, -0.15) is 0 Å². The van der Waals surface area contributed by atoms with Crippen LogP contribution in [-0.2, 0) is 6.42 Å². The first kappa shape index (κ1) is 13.7. The molecule has 1 unspecified atom stereocenters. The van der Waals surface area contributed by atoms with E-state index >= 15 is 0 Å². The summed E-state index contributed by atoms with van der Waals surface area (Å²) in [5.41, 5.74) is 3.09. The van der Waals surface area contributed by atoms with Crippen LogP contribution in [0.5, 0.6) is 0 Å². The minimum atomic E-state index is 0.378. The maximum atomic E-state index is 5.94. The Morgan fingerprint density at radius 3 is 2.35 bits per heavy atom. The van der Waals surface area contributed by atoms with E-state index in [1.165, 1.54) is 5.56 Å². The third-order valence-corrected chi connectivity index (χ3v) is 4.54. The predicted octanol–water partition coefficient (Wildman–Crippen LogP) is 4.71. The Morgan fingerprint density at radius 1 is 1.10 bits per heavy atom. The standard InChI is InChI=1S/C16H18BrNO2/c1-8(18-4)5-11-12-6-9(2)20-16(12)14(17)13-7-10(3)19-15(11)13/h6-8,18H,5H2,1-4H3. The number of rotatable bonds is 3. The van der Waals surface area contributed by atoms with Gasteiger partial charge in [0.1, 0.15) is 22.7 Å². The third-order valence-electron chi connectivity index (χ3n) is 3.75. The summed E-state index contributed by atoms with van der Waals surface area (Å²) in [6.45, 7) is 6.12. The van der Waals surface area contributed by atoms with Gasteiger partial charge < -0.3 is 14.2 Å². The van der Waals surface area contributed by atoms with E-state index in [9.17, 15) is 0 Å². The summed E-state index contributed by atoms with van der Waals surface area (Å²) < 4.78 is 12.8. The van der Waals surface area contributed by atoms with E-state index in [-0.39, 0.29) is 0 Å². The van der Waals surface area contributed by atoms with E-state index in [0.717, 1.165) is 44.4 Å². The number of hydrogen-bond acceptors (Lipinski definition) is 3. The van der Waals surface area contributed by atoms with Gasteiger partial charge in [-0.1, -0.05) is 0 Å². The van der Waals surface area contributed by atoms with Crippen molar-refractivity contribution in [1.82, 2.24) is 5.32 Å². The Labute approximate surface area is 126 Å². The molecular weight excluding hydrogens is 318 g/mol. The number of aryl methyl sites for hydroxylation is 2. The number of halogens is 1. The number of nitrogens with one attached hydrogen (secondary N) is 1. The highest BCUT2D eigenvalue weighted by Crippen LogP contribution is 2.40. The van der Waals surface area contributed by atoms with Gasteiger partial charge in [-0.3, -0.25) is 0 Å². The highest BCUT2D eigenvalue weighted by molar-refractivity contribution is 9.10. The smallest absolute Gasteiger partial charge is 0.149 e. The molecule has 2 heterocycles. The fourth-order valence-corrected chi connectivity index (χ4v) is 3.25. The Kier molecular flexibility index (Phi) is 3.38. The average molecular weight is 336 g/mol. The van der Waals surface area contributed by atoms with Gasteiger partial charge in [0.05, 0.1) is 4.47 Å². The molecule has 0 saturated heterocycles. The Balaban J connectivity index is 2.38. The lowest BCUT2D eigenvalue weighted by atomic mass is 10.0. The van der Waals surface area contributed by atoms with Crippen molar-refractivity contribution >= 4 is 37.9 Å². The van der Waals surface area contributed by atoms with E-state index < -0.39 is 0 Å². The van der Waals surface area contributed by atoms with E-state index in [2.05, 4.69) is 40.3 Å². The molecule has 0 aliphatic carbocycles. The summed E-state index contributed by atoms with van der Waals surface area (Å²) in [4.78, 5) is 0. The SMILES string of the molecule is CNC(C)Cc1c2cc(C)oc2c(Br)c2cc(C)oc12. The molecule has 0 amide bonds. The zero-order valence-corrected chi connectivity index (χ0v) is 13.7. The van der Waals surface area contributed by atoms with Crippen molar-refractivity contribution in [2.24, 2.45) is 0 Å². The molecular formula is C16H18BrNO2. The second-order valence-corrected chi connectivity index (χ2v) is 6.18. The van der Waals surface area contributed by atoms with Crippen LogP contribution in [0.4, 0.5) is 0 Å². The van der Waals surface area contributed by atoms with E-state index in [0.29, 0.717) is 6.04 Å². The maximum Gasteiger partial charge on any atom is 0.149 e. The fraction of sp³-hybridized carbons (Fsp3) is 0.375. The zero-order chi connectivity index (χ0) is 14.4. The molecule has 0 fully saturated rings. The van der Waals surface area contributed by atoms with Gasteiger partial charge in [-0.25, -0.2) is 0 Å². The molecule has 1 N–H and O–H groups in total. The highest BCUT2D eigenvalue weighted by Gasteiger charge is 2.20. The molecule has 106 valence electrons. The van der Waals surface area contributed by atoms with Crippen molar-refractivity contribution in [2.45, 2.75) is 33.2 Å². The van der Waals surface area contributed by atoms with Crippen molar-refractivity contribution in [3.8, 4) is 0 Å². The van der Waals surface area contributed by atoms with Crippen LogP contribution >= 0.6 is 15.9 Å². The monoisotopic (exact) mass is 335 g/mol. The normalized spacial score (nSPS) is 13.4. The molecule has 1 atom stereocenters. The van der Waals surface area contributed by atoms with Gasteiger partial charge in [-0.05, 0) is 62.3 Å². The van der Waals surface area contributed by atoms with Crippen LogP contribution in [0.3, 0.4) is 0 Å². The van der Waals surface area contributed by atoms with Crippen molar-refractivity contribution in [3.63, 3.8) is 0 Å². The topological polar surface area (TPSA) is 38.3 Å². The minimum absolute atomic E-state index is 0.378. The molecule has 0 bridgehead atoms. The molecule has 20 heavy (non-hydrogen) atoms. The minimum Gasteiger partial charge on any atom is -0.461 e. The lowest BCUT2D eigenvalue weighted by molar-refractivity contribution is 0.562. The van der Waals surface area contributed by atoms with Crippen molar-refractivity contribution in [1.29, 1.82) is 0 Å². The summed E-state index contributed by atoms with van der Waals surface area (Å²) >= 11 is 3.66. The average Bonchev–Trinajstić information content (AvgIpc) is 2.97. The van der Waals surface area contributed by atoms with Gasteiger partial charge in [0, 0.05) is 22.4 Å². The van der Waals surface area contributed by atoms with Crippen LogP contribution in [0.25, 0.3) is 21.9 Å². The van der Waals surface area contributed by atoms with Crippen LogP contribution in [0.15, 0.2) is 25.4 Å². The van der Waals surface area contributed by atoms with Gasteiger partial charge in [-0.15, -0.1) is 0 Å². The number of furan rings is 2. The number of fused-ring (bicyclic) bond motifs is 2. The van der Waals surface area contributed by atoms with Crippen LogP contribution in [-0.4, -0.2) is 13.1 Å². The first-order valence-corrected chi connectivity index (χ1v) is 7.58. The summed E-state index contributed by atoms with van der Waals surface area (Å²) in [6.07, 6.45) is 0.905. The molecule has 1 aromatic carbocycles. The summed E-state index contributed by atoms with van der Waals surface area (Å²) in [5, 5.41) is 5.51. The molecule has 2 aromatic heterocycles. The Hall–Kier alpha value is -1.26. The Morgan fingerprint density at radius 2 is 1.70 bits per heavy atom. The van der Waals surface area contributed by atoms with E-state index in [4.69, 9.17) is 8.83 Å². The maximum absolute atomic E-state index is 5.94. The lowest BCUT2D eigenvalue weighted by Crippen LogP contribution is -2.23. The van der Waals surface area contributed by atoms with Crippen LogP contribution in [0.1, 0.15) is 24.0 Å². The highest BCUT2D eigenvalue weighted by atomic mass is 79.9. The third kappa shape index (κ3) is 2.07. The molecule has 0 saturated carbocycles. The molecule has 3 aromatic rings. The summed E-state index contributed by atoms with van der Waals surface area (Å²) in [7, 11) is 1.98. The molecule has 0 aliphatic rings. The zero-order valence-electron chi connectivity index (χ0n) is 12.1. The largest absolute Gasteiger partial charge is 0.461 e. The van der Waals surface area contributed by atoms with Crippen molar-refractivity contribution in [3.05, 3.63) is 33.7 Å². The molecule has 0 spiro atoms. The van der Waals surface area contributed by atoms with E-state index in [1.54, 1.807) is 0 Å². The van der Waals surface area contributed by atoms with Crippen LogP contribution in [0.2, 0.25) is 0 Å². The lowest BCUT2D eigenvalue weighted by Gasteiger charge is -2.12. The van der Waals surface area contributed by atoms with Gasteiger partial charge in [0.15, 0.2) is 0 Å². The van der Waals surface area contributed by atoms with Crippen molar-refractivity contribution in [2.75, 3.05) is 7.05 Å². The second kappa shape index (κ2) is 4.93. The van der Waals surface area contributed by atoms with E-state index in [1.807, 2.05) is 20.9 Å². The molecule has 3 nitrogen and oxygen atoms in total. The second-order valence-electron chi connectivity index (χ2n) is 5.39. The number of likely N-dealkylation sites (N-methyl/N-ethyl adjacent to an activating group) is 1. The van der Waals surface area contributed by atoms with Crippen LogP contribution < -0.4 is 5.32 Å². The van der Waals surface area contributed by atoms with Crippen molar-refractivity contribution < 1.29 is 8.83 Å². The van der Waals surface area contributed by atoms with Crippen LogP contribution in [0, 0.1) is 13.8 Å². The number of benzene rings is 1. The predicted molar refractivity (Wildman–Crippen MR) is 85.4 cm³/mol. The summed E-state index contributed by atoms with van der Waals surface area (Å²) in [6, 6.07) is 4.53. The fourth-order valence-electron chi connectivity index (χ4n) is 2.66. The van der Waals surface area contributed by atoms with Gasteiger partial charge >= 0.3 is 0 Å². The molecule has 0 radical (unpaired) electrons. The number of hydrogen-bond donors (Lipinski definition) is 1. The summed E-state index contributed by atoms with van der Waals surface area (Å²) in [5.74, 6) is 1.84.